The van der Waals surface area contributed by atoms with Gasteiger partial charge in [-0.3, -0.25) is 4.79 Å². The highest BCUT2D eigenvalue weighted by Crippen LogP contribution is 2.31. The third-order valence-electron chi connectivity index (χ3n) is 3.22. The van der Waals surface area contributed by atoms with Gasteiger partial charge in [0, 0.05) is 6.42 Å². The molecule has 16 heavy (non-hydrogen) atoms. The second-order valence-electron chi connectivity index (χ2n) is 4.93. The molecule has 0 saturated carbocycles. The number of benzene rings is 1. The van der Waals surface area contributed by atoms with Gasteiger partial charge in [0.1, 0.15) is 6.10 Å². The van der Waals surface area contributed by atoms with E-state index in [1.165, 1.54) is 11.1 Å². The van der Waals surface area contributed by atoms with E-state index < -0.39 is 0 Å². The van der Waals surface area contributed by atoms with E-state index in [0.717, 1.165) is 6.42 Å². The molecular formula is C14H18O2. The molecule has 0 unspecified atom stereocenters. The lowest BCUT2D eigenvalue weighted by molar-refractivity contribution is -0.188. The van der Waals surface area contributed by atoms with Gasteiger partial charge < -0.3 is 4.74 Å². The van der Waals surface area contributed by atoms with Gasteiger partial charge in [-0.25, -0.2) is 0 Å². The Labute approximate surface area is 96.6 Å². The molecule has 0 bridgehead atoms. The van der Waals surface area contributed by atoms with Crippen molar-refractivity contribution in [2.45, 2.75) is 33.3 Å². The molecule has 1 saturated heterocycles. The molecule has 1 aromatic carbocycles. The highest BCUT2D eigenvalue weighted by atomic mass is 16.6. The van der Waals surface area contributed by atoms with Gasteiger partial charge in [-0.1, -0.05) is 43.7 Å². The zero-order chi connectivity index (χ0) is 11.7. The van der Waals surface area contributed by atoms with Crippen LogP contribution in [-0.4, -0.2) is 12.1 Å². The summed E-state index contributed by atoms with van der Waals surface area (Å²) in [5.74, 6) is 0.421. The summed E-state index contributed by atoms with van der Waals surface area (Å²) >= 11 is 0. The van der Waals surface area contributed by atoms with E-state index in [2.05, 4.69) is 45.0 Å². The highest BCUT2D eigenvalue weighted by Gasteiger charge is 2.43. The van der Waals surface area contributed by atoms with Crippen molar-refractivity contribution >= 4 is 5.97 Å². The number of cyclic esters (lactones) is 1. The van der Waals surface area contributed by atoms with Crippen LogP contribution < -0.4 is 0 Å². The molecule has 1 aliphatic heterocycles. The second kappa shape index (κ2) is 4.28. The van der Waals surface area contributed by atoms with Gasteiger partial charge in [0.15, 0.2) is 0 Å². The molecular weight excluding hydrogens is 200 g/mol. The molecule has 1 heterocycles. The van der Waals surface area contributed by atoms with Crippen molar-refractivity contribution < 1.29 is 9.53 Å². The minimum absolute atomic E-state index is 0.0351. The van der Waals surface area contributed by atoms with Crippen LogP contribution in [0, 0.1) is 18.8 Å². The molecule has 1 aromatic rings. The lowest BCUT2D eigenvalue weighted by atomic mass is 9.83. The van der Waals surface area contributed by atoms with Crippen molar-refractivity contribution in [3.8, 4) is 0 Å². The molecule has 0 aliphatic carbocycles. The van der Waals surface area contributed by atoms with E-state index in [0.29, 0.717) is 5.92 Å². The van der Waals surface area contributed by atoms with E-state index in [9.17, 15) is 4.79 Å². The number of aryl methyl sites for hydroxylation is 1. The van der Waals surface area contributed by atoms with E-state index in [1.54, 1.807) is 0 Å². The molecule has 0 radical (unpaired) electrons. The maximum Gasteiger partial charge on any atom is 0.313 e. The van der Waals surface area contributed by atoms with Crippen LogP contribution in [0.2, 0.25) is 0 Å². The summed E-state index contributed by atoms with van der Waals surface area (Å²) in [7, 11) is 0. The quantitative estimate of drug-likeness (QED) is 0.729. The monoisotopic (exact) mass is 218 g/mol. The van der Waals surface area contributed by atoms with Crippen molar-refractivity contribution in [3.63, 3.8) is 0 Å². The molecule has 2 atom stereocenters. The van der Waals surface area contributed by atoms with Gasteiger partial charge in [-0.2, -0.15) is 0 Å². The number of hydrogen-bond acceptors (Lipinski definition) is 2. The Morgan fingerprint density at radius 1 is 1.25 bits per heavy atom. The Morgan fingerprint density at radius 2 is 1.88 bits per heavy atom. The minimum atomic E-state index is -0.0351. The molecule has 0 amide bonds. The molecule has 0 spiro atoms. The van der Waals surface area contributed by atoms with Crippen molar-refractivity contribution in [2.75, 3.05) is 0 Å². The van der Waals surface area contributed by atoms with Gasteiger partial charge >= 0.3 is 5.97 Å². The highest BCUT2D eigenvalue weighted by molar-refractivity contribution is 5.78. The molecule has 2 heteroatoms. The largest absolute Gasteiger partial charge is 0.461 e. The molecule has 0 aromatic heterocycles. The number of carbonyl (C=O) groups is 1. The summed E-state index contributed by atoms with van der Waals surface area (Å²) in [6.45, 7) is 6.23. The number of rotatable bonds is 3. The number of hydrogen-bond donors (Lipinski definition) is 0. The van der Waals surface area contributed by atoms with Crippen LogP contribution in [0.1, 0.15) is 25.0 Å². The van der Waals surface area contributed by atoms with Crippen LogP contribution >= 0.6 is 0 Å². The Kier molecular flexibility index (Phi) is 2.99. The maximum atomic E-state index is 11.3. The SMILES string of the molecule is Cc1ccc(C[C@H]2OC(=O)[C@H]2C(C)C)cc1. The topological polar surface area (TPSA) is 26.3 Å². The van der Waals surface area contributed by atoms with E-state index in [-0.39, 0.29) is 18.0 Å². The lowest BCUT2D eigenvalue weighted by Gasteiger charge is -2.37. The van der Waals surface area contributed by atoms with E-state index in [4.69, 9.17) is 4.74 Å². The first-order chi connectivity index (χ1) is 7.58. The van der Waals surface area contributed by atoms with Gasteiger partial charge in [-0.15, -0.1) is 0 Å². The fourth-order valence-corrected chi connectivity index (χ4v) is 2.21. The summed E-state index contributed by atoms with van der Waals surface area (Å²) < 4.78 is 5.21. The Morgan fingerprint density at radius 3 is 2.38 bits per heavy atom. The average Bonchev–Trinajstić information content (AvgIpc) is 2.19. The van der Waals surface area contributed by atoms with Crippen LogP contribution in [0.15, 0.2) is 24.3 Å². The van der Waals surface area contributed by atoms with Gasteiger partial charge in [-0.05, 0) is 18.4 Å². The fraction of sp³-hybridized carbons (Fsp3) is 0.500. The Hall–Kier alpha value is -1.31. The number of carbonyl (C=O) groups excluding carboxylic acids is 1. The maximum absolute atomic E-state index is 11.3. The second-order valence-corrected chi connectivity index (χ2v) is 4.93. The van der Waals surface area contributed by atoms with Crippen LogP contribution in [0.5, 0.6) is 0 Å². The Balaban J connectivity index is 2.00. The van der Waals surface area contributed by atoms with Crippen molar-refractivity contribution in [1.82, 2.24) is 0 Å². The van der Waals surface area contributed by atoms with E-state index >= 15 is 0 Å². The number of ether oxygens (including phenoxy) is 1. The summed E-state index contributed by atoms with van der Waals surface area (Å²) in [6, 6.07) is 8.41. The van der Waals surface area contributed by atoms with E-state index in [1.807, 2.05) is 0 Å². The van der Waals surface area contributed by atoms with Gasteiger partial charge in [0.2, 0.25) is 0 Å². The standard InChI is InChI=1S/C14H18O2/c1-9(2)13-12(16-14(13)15)8-11-6-4-10(3)5-7-11/h4-7,9,12-13H,8H2,1-3H3/t12-,13+/m1/s1. The third kappa shape index (κ3) is 2.11. The summed E-state index contributed by atoms with van der Waals surface area (Å²) in [6.07, 6.45) is 0.921. The third-order valence-corrected chi connectivity index (χ3v) is 3.22. The van der Waals surface area contributed by atoms with Crippen LogP contribution in [0.4, 0.5) is 0 Å². The summed E-state index contributed by atoms with van der Waals surface area (Å²) in [5, 5.41) is 0. The predicted octanol–water partition coefficient (Wildman–Crippen LogP) is 2.74. The van der Waals surface area contributed by atoms with Crippen LogP contribution in [-0.2, 0) is 16.0 Å². The zero-order valence-corrected chi connectivity index (χ0v) is 10.1. The first-order valence-corrected chi connectivity index (χ1v) is 5.84. The first-order valence-electron chi connectivity index (χ1n) is 5.84. The average molecular weight is 218 g/mol. The fourth-order valence-electron chi connectivity index (χ4n) is 2.21. The van der Waals surface area contributed by atoms with Crippen molar-refractivity contribution in [1.29, 1.82) is 0 Å². The van der Waals surface area contributed by atoms with Gasteiger partial charge in [0.05, 0.1) is 5.92 Å². The summed E-state index contributed by atoms with van der Waals surface area (Å²) in [4.78, 5) is 11.3. The Bertz CT molecular complexity index is 378. The van der Waals surface area contributed by atoms with Crippen LogP contribution in [0.3, 0.4) is 0 Å². The lowest BCUT2D eigenvalue weighted by Crippen LogP contribution is -2.49. The first kappa shape index (κ1) is 11.2. The molecule has 2 rings (SSSR count). The molecule has 0 N–H and O–H groups in total. The minimum Gasteiger partial charge on any atom is -0.461 e. The zero-order valence-electron chi connectivity index (χ0n) is 10.1. The predicted molar refractivity (Wildman–Crippen MR) is 63.1 cm³/mol. The molecule has 86 valence electrons. The van der Waals surface area contributed by atoms with Crippen molar-refractivity contribution in [2.24, 2.45) is 11.8 Å². The van der Waals surface area contributed by atoms with Crippen LogP contribution in [0.25, 0.3) is 0 Å². The normalized spacial score (nSPS) is 24.1. The van der Waals surface area contributed by atoms with Crippen molar-refractivity contribution in [3.05, 3.63) is 35.4 Å². The molecule has 1 fully saturated rings. The number of esters is 1. The smallest absolute Gasteiger partial charge is 0.313 e. The molecule has 1 aliphatic rings. The summed E-state index contributed by atoms with van der Waals surface area (Å²) in [5.41, 5.74) is 2.50. The van der Waals surface area contributed by atoms with Gasteiger partial charge in [0.25, 0.3) is 0 Å². The molecule has 2 nitrogen and oxygen atoms in total.